The first kappa shape index (κ1) is 13.5. The number of hydrogen-bond acceptors (Lipinski definition) is 4. The fraction of sp³-hybridized carbons (Fsp3) is 0.300. The molecule has 6 nitrogen and oxygen atoms in total. The first-order valence-corrected chi connectivity index (χ1v) is 6.56. The normalized spacial score (nSPS) is 10.9. The van der Waals surface area contributed by atoms with Crippen LogP contribution in [0.2, 0.25) is 0 Å². The fourth-order valence-corrected chi connectivity index (χ4v) is 2.01. The average molecular weight is 257 g/mol. The minimum Gasteiger partial charge on any atom is -0.383 e. The van der Waals surface area contributed by atoms with E-state index in [1.54, 1.807) is 25.2 Å². The fourth-order valence-electron chi connectivity index (χ4n) is 1.30. The van der Waals surface area contributed by atoms with Gasteiger partial charge in [0.1, 0.15) is 4.90 Å². The molecule has 0 radical (unpaired) electrons. The number of carbonyl (C=O) groups is 1. The SMILES string of the molecule is CNC(=O)CCNc1ccccc1S(N)(=O)=O. The lowest BCUT2D eigenvalue weighted by Crippen LogP contribution is -2.21. The van der Waals surface area contributed by atoms with Crippen LogP contribution >= 0.6 is 0 Å². The Bertz CT molecular complexity index is 499. The lowest BCUT2D eigenvalue weighted by molar-refractivity contribution is -0.120. The van der Waals surface area contributed by atoms with Gasteiger partial charge in [-0.1, -0.05) is 12.1 Å². The number of anilines is 1. The van der Waals surface area contributed by atoms with Crippen LogP contribution in [0.1, 0.15) is 6.42 Å². The molecule has 17 heavy (non-hydrogen) atoms. The van der Waals surface area contributed by atoms with Crippen molar-refractivity contribution in [3.8, 4) is 0 Å². The maximum absolute atomic E-state index is 11.3. The smallest absolute Gasteiger partial charge is 0.240 e. The molecule has 0 aliphatic rings. The highest BCUT2D eigenvalue weighted by atomic mass is 32.2. The second-order valence-corrected chi connectivity index (χ2v) is 4.92. The van der Waals surface area contributed by atoms with Gasteiger partial charge in [0, 0.05) is 20.0 Å². The topological polar surface area (TPSA) is 101 Å². The van der Waals surface area contributed by atoms with Crippen molar-refractivity contribution in [3.05, 3.63) is 24.3 Å². The number of nitrogens with two attached hydrogens (primary N) is 1. The Morgan fingerprint density at radius 1 is 1.35 bits per heavy atom. The van der Waals surface area contributed by atoms with Crippen molar-refractivity contribution in [1.82, 2.24) is 5.32 Å². The molecule has 7 heteroatoms. The van der Waals surface area contributed by atoms with Gasteiger partial charge in [0.25, 0.3) is 0 Å². The third-order valence-corrected chi connectivity index (χ3v) is 3.11. The molecule has 0 aliphatic carbocycles. The van der Waals surface area contributed by atoms with Crippen LogP contribution in [0, 0.1) is 0 Å². The zero-order valence-corrected chi connectivity index (χ0v) is 10.3. The summed E-state index contributed by atoms with van der Waals surface area (Å²) < 4.78 is 22.5. The Kier molecular flexibility index (Phi) is 4.47. The van der Waals surface area contributed by atoms with Gasteiger partial charge in [0.05, 0.1) is 5.69 Å². The van der Waals surface area contributed by atoms with E-state index in [9.17, 15) is 13.2 Å². The highest BCUT2D eigenvalue weighted by molar-refractivity contribution is 7.89. The number of amides is 1. The van der Waals surface area contributed by atoms with Crippen LogP contribution in [-0.2, 0) is 14.8 Å². The maximum Gasteiger partial charge on any atom is 0.240 e. The van der Waals surface area contributed by atoms with Gasteiger partial charge in [-0.05, 0) is 12.1 Å². The Labute approximate surface area is 100 Å². The van der Waals surface area contributed by atoms with E-state index in [1.165, 1.54) is 6.07 Å². The average Bonchev–Trinajstić information content (AvgIpc) is 2.28. The molecular weight excluding hydrogens is 242 g/mol. The number of primary sulfonamides is 1. The summed E-state index contributed by atoms with van der Waals surface area (Å²) in [5, 5.41) is 10.4. The summed E-state index contributed by atoms with van der Waals surface area (Å²) in [7, 11) is -2.21. The summed E-state index contributed by atoms with van der Waals surface area (Å²) in [6.45, 7) is 0.339. The molecule has 1 aromatic carbocycles. The molecule has 94 valence electrons. The molecule has 0 aliphatic heterocycles. The second kappa shape index (κ2) is 5.65. The van der Waals surface area contributed by atoms with Crippen molar-refractivity contribution in [2.45, 2.75) is 11.3 Å². The van der Waals surface area contributed by atoms with E-state index in [-0.39, 0.29) is 17.2 Å². The highest BCUT2D eigenvalue weighted by Gasteiger charge is 2.12. The van der Waals surface area contributed by atoms with Crippen LogP contribution in [0.15, 0.2) is 29.2 Å². The summed E-state index contributed by atoms with van der Waals surface area (Å²) in [5.74, 6) is -0.120. The highest BCUT2D eigenvalue weighted by Crippen LogP contribution is 2.18. The van der Waals surface area contributed by atoms with Crippen LogP contribution in [-0.4, -0.2) is 27.9 Å². The predicted octanol–water partition coefficient (Wildman–Crippen LogP) is -0.118. The number of rotatable bonds is 5. The van der Waals surface area contributed by atoms with E-state index in [1.807, 2.05) is 0 Å². The first-order valence-electron chi connectivity index (χ1n) is 5.01. The van der Waals surface area contributed by atoms with Gasteiger partial charge in [-0.25, -0.2) is 13.6 Å². The number of nitrogens with one attached hydrogen (secondary N) is 2. The third kappa shape index (κ3) is 4.04. The van der Waals surface area contributed by atoms with Crippen molar-refractivity contribution in [1.29, 1.82) is 0 Å². The van der Waals surface area contributed by atoms with Crippen LogP contribution in [0.5, 0.6) is 0 Å². The lowest BCUT2D eigenvalue weighted by atomic mass is 10.3. The van der Waals surface area contributed by atoms with Gasteiger partial charge in [0.15, 0.2) is 0 Å². The molecule has 0 fully saturated rings. The summed E-state index contributed by atoms with van der Waals surface area (Å²) in [6, 6.07) is 6.29. The molecule has 0 bridgehead atoms. The molecular formula is C10H15N3O3S. The summed E-state index contributed by atoms with van der Waals surface area (Å²) in [5.41, 5.74) is 0.402. The van der Waals surface area contributed by atoms with E-state index >= 15 is 0 Å². The molecule has 1 aromatic rings. The lowest BCUT2D eigenvalue weighted by Gasteiger charge is -2.09. The van der Waals surface area contributed by atoms with Gasteiger partial charge in [-0.2, -0.15) is 0 Å². The van der Waals surface area contributed by atoms with Crippen molar-refractivity contribution in [2.24, 2.45) is 5.14 Å². The Morgan fingerprint density at radius 3 is 2.59 bits per heavy atom. The Hall–Kier alpha value is -1.60. The maximum atomic E-state index is 11.3. The number of para-hydroxylation sites is 1. The zero-order chi connectivity index (χ0) is 12.9. The number of sulfonamides is 1. The van der Waals surface area contributed by atoms with E-state index in [0.29, 0.717) is 12.2 Å². The van der Waals surface area contributed by atoms with E-state index < -0.39 is 10.0 Å². The number of benzene rings is 1. The molecule has 0 aromatic heterocycles. The van der Waals surface area contributed by atoms with Crippen molar-refractivity contribution < 1.29 is 13.2 Å². The zero-order valence-electron chi connectivity index (χ0n) is 9.43. The van der Waals surface area contributed by atoms with Gasteiger partial charge in [-0.15, -0.1) is 0 Å². The van der Waals surface area contributed by atoms with Gasteiger partial charge in [-0.3, -0.25) is 4.79 Å². The van der Waals surface area contributed by atoms with Crippen molar-refractivity contribution >= 4 is 21.6 Å². The minimum atomic E-state index is -3.75. The molecule has 4 N–H and O–H groups in total. The molecule has 0 heterocycles. The van der Waals surface area contributed by atoms with E-state index in [0.717, 1.165) is 0 Å². The minimum absolute atomic E-state index is 0.0249. The molecule has 1 rings (SSSR count). The van der Waals surface area contributed by atoms with Gasteiger partial charge in [0.2, 0.25) is 15.9 Å². The first-order chi connectivity index (χ1) is 7.95. The van der Waals surface area contributed by atoms with Crippen LogP contribution in [0.3, 0.4) is 0 Å². The van der Waals surface area contributed by atoms with Gasteiger partial charge >= 0.3 is 0 Å². The Morgan fingerprint density at radius 2 is 2.00 bits per heavy atom. The van der Waals surface area contributed by atoms with Crippen molar-refractivity contribution in [3.63, 3.8) is 0 Å². The summed E-state index contributed by atoms with van der Waals surface area (Å²) in [6.07, 6.45) is 0.259. The second-order valence-electron chi connectivity index (χ2n) is 3.39. The monoisotopic (exact) mass is 257 g/mol. The molecule has 0 atom stereocenters. The largest absolute Gasteiger partial charge is 0.383 e. The molecule has 0 saturated carbocycles. The van der Waals surface area contributed by atoms with E-state index in [4.69, 9.17) is 5.14 Å². The quantitative estimate of drug-likeness (QED) is 0.684. The molecule has 0 spiro atoms. The van der Waals surface area contributed by atoms with Crippen LogP contribution in [0.25, 0.3) is 0 Å². The third-order valence-electron chi connectivity index (χ3n) is 2.14. The van der Waals surface area contributed by atoms with Crippen molar-refractivity contribution in [2.75, 3.05) is 18.9 Å². The van der Waals surface area contributed by atoms with Crippen LogP contribution in [0.4, 0.5) is 5.69 Å². The Balaban J connectivity index is 2.75. The van der Waals surface area contributed by atoms with Gasteiger partial charge < -0.3 is 10.6 Å². The number of carbonyl (C=O) groups excluding carboxylic acids is 1. The standard InChI is InChI=1S/C10H15N3O3S/c1-12-10(14)6-7-13-8-4-2-3-5-9(8)17(11,15)16/h2-5,13H,6-7H2,1H3,(H,12,14)(H2,11,15,16). The summed E-state index contributed by atoms with van der Waals surface area (Å²) >= 11 is 0. The van der Waals surface area contributed by atoms with E-state index in [2.05, 4.69) is 10.6 Å². The molecule has 0 unspecified atom stereocenters. The number of hydrogen-bond donors (Lipinski definition) is 3. The molecule has 0 saturated heterocycles. The van der Waals surface area contributed by atoms with Crippen LogP contribution < -0.4 is 15.8 Å². The summed E-state index contributed by atoms with van der Waals surface area (Å²) in [4.78, 5) is 11.0. The molecule has 1 amide bonds. The predicted molar refractivity (Wildman–Crippen MR) is 65.0 cm³/mol.